The molecule has 0 N–H and O–H groups in total. The summed E-state index contributed by atoms with van der Waals surface area (Å²) >= 11 is 0. The highest BCUT2D eigenvalue weighted by molar-refractivity contribution is 6.05. The molecule has 0 radical (unpaired) electrons. The number of hydrogen-bond acceptors (Lipinski definition) is 1. The van der Waals surface area contributed by atoms with Gasteiger partial charge in [0.05, 0.1) is 5.41 Å². The first-order chi connectivity index (χ1) is 7.52. The van der Waals surface area contributed by atoms with Crippen LogP contribution in [0.2, 0.25) is 0 Å². The van der Waals surface area contributed by atoms with Crippen molar-refractivity contribution in [3.8, 4) is 0 Å². The van der Waals surface area contributed by atoms with E-state index in [9.17, 15) is 9.18 Å². The average Bonchev–Trinajstić information content (AvgIpc) is 2.51. The maximum absolute atomic E-state index is 13.2. The lowest BCUT2D eigenvalue weighted by Crippen LogP contribution is -2.31. The van der Waals surface area contributed by atoms with Crippen LogP contribution in [0.1, 0.15) is 42.1 Å². The molecule has 3 rings (SSSR count). The Labute approximate surface area is 94.0 Å². The largest absolute Gasteiger partial charge is 0.293 e. The Balaban J connectivity index is 2.27. The molecule has 0 saturated heterocycles. The molecule has 2 aliphatic carbocycles. The van der Waals surface area contributed by atoms with Gasteiger partial charge in [0.15, 0.2) is 5.78 Å². The number of Topliss-reactive ketones (excluding diaryl/α,β-unsaturated/α-hetero) is 1. The molecule has 1 aromatic carbocycles. The van der Waals surface area contributed by atoms with Crippen molar-refractivity contribution in [1.82, 2.24) is 0 Å². The second-order valence-corrected chi connectivity index (χ2v) is 5.05. The summed E-state index contributed by atoms with van der Waals surface area (Å²) in [6.07, 6.45) is 3.00. The molecule has 0 aliphatic heterocycles. The number of halogens is 1. The van der Waals surface area contributed by atoms with Crippen LogP contribution in [-0.4, -0.2) is 5.78 Å². The van der Waals surface area contributed by atoms with Gasteiger partial charge in [-0.25, -0.2) is 4.39 Å². The molecule has 0 saturated carbocycles. The van der Waals surface area contributed by atoms with Gasteiger partial charge >= 0.3 is 0 Å². The van der Waals surface area contributed by atoms with Crippen LogP contribution >= 0.6 is 0 Å². The van der Waals surface area contributed by atoms with Crippen molar-refractivity contribution in [3.63, 3.8) is 0 Å². The van der Waals surface area contributed by atoms with E-state index < -0.39 is 5.41 Å². The second kappa shape index (κ2) is 2.82. The molecule has 2 atom stereocenters. The first-order valence-electron chi connectivity index (χ1n) is 5.55. The van der Waals surface area contributed by atoms with E-state index in [1.807, 2.05) is 13.8 Å². The van der Waals surface area contributed by atoms with E-state index in [0.717, 1.165) is 17.6 Å². The Hall–Kier alpha value is -1.44. The molecule has 0 unspecified atom stereocenters. The van der Waals surface area contributed by atoms with Crippen LogP contribution in [0.4, 0.5) is 4.39 Å². The third kappa shape index (κ3) is 1.02. The predicted octanol–water partition coefficient (Wildman–Crippen LogP) is 3.46. The molecule has 2 bridgehead atoms. The van der Waals surface area contributed by atoms with E-state index in [1.165, 1.54) is 12.1 Å². The zero-order valence-corrected chi connectivity index (χ0v) is 9.38. The van der Waals surface area contributed by atoms with Crippen LogP contribution in [0, 0.1) is 11.2 Å². The minimum atomic E-state index is -0.397. The third-order valence-corrected chi connectivity index (χ3v) is 4.11. The zero-order valence-electron chi connectivity index (χ0n) is 9.38. The molecule has 1 nitrogen and oxygen atoms in total. The van der Waals surface area contributed by atoms with Gasteiger partial charge < -0.3 is 0 Å². The summed E-state index contributed by atoms with van der Waals surface area (Å²) < 4.78 is 13.2. The number of allylic oxidation sites excluding steroid dienone is 2. The van der Waals surface area contributed by atoms with Crippen molar-refractivity contribution >= 4 is 5.78 Å². The SMILES string of the molecule is CC1=C[C@@H]2C[C@@]1(C)C(=O)c1cc(F)ccc12. The summed E-state index contributed by atoms with van der Waals surface area (Å²) in [6.45, 7) is 3.97. The molecule has 1 aromatic rings. The normalized spacial score (nSPS) is 31.3. The van der Waals surface area contributed by atoms with Crippen molar-refractivity contribution < 1.29 is 9.18 Å². The van der Waals surface area contributed by atoms with E-state index in [-0.39, 0.29) is 11.6 Å². The topological polar surface area (TPSA) is 17.1 Å². The molecular formula is C14H13FO. The van der Waals surface area contributed by atoms with Crippen LogP contribution < -0.4 is 0 Å². The number of carbonyl (C=O) groups is 1. The highest BCUT2D eigenvalue weighted by atomic mass is 19.1. The van der Waals surface area contributed by atoms with Gasteiger partial charge in [-0.1, -0.05) is 17.7 Å². The van der Waals surface area contributed by atoms with Crippen LogP contribution in [0.15, 0.2) is 29.8 Å². The fourth-order valence-electron chi connectivity index (χ4n) is 2.96. The first kappa shape index (κ1) is 9.76. The molecule has 2 aliphatic rings. The van der Waals surface area contributed by atoms with Crippen LogP contribution in [-0.2, 0) is 0 Å². The fourth-order valence-corrected chi connectivity index (χ4v) is 2.96. The quantitative estimate of drug-likeness (QED) is 0.607. The highest BCUT2D eigenvalue weighted by Crippen LogP contribution is 2.52. The summed E-state index contributed by atoms with van der Waals surface area (Å²) in [6, 6.07) is 4.58. The third-order valence-electron chi connectivity index (χ3n) is 4.11. The number of benzene rings is 1. The van der Waals surface area contributed by atoms with Gasteiger partial charge in [0.25, 0.3) is 0 Å². The highest BCUT2D eigenvalue weighted by Gasteiger charge is 2.47. The van der Waals surface area contributed by atoms with Crippen molar-refractivity contribution in [2.75, 3.05) is 0 Å². The molecule has 0 heterocycles. The van der Waals surface area contributed by atoms with Gasteiger partial charge in [0.2, 0.25) is 0 Å². The molecule has 82 valence electrons. The van der Waals surface area contributed by atoms with E-state index in [4.69, 9.17) is 0 Å². The van der Waals surface area contributed by atoms with E-state index >= 15 is 0 Å². The summed E-state index contributed by atoms with van der Waals surface area (Å²) in [5.41, 5.74) is 2.29. The summed E-state index contributed by atoms with van der Waals surface area (Å²) in [5.74, 6) is 0.0393. The Morgan fingerprint density at radius 3 is 2.94 bits per heavy atom. The summed E-state index contributed by atoms with van der Waals surface area (Å²) in [7, 11) is 0. The van der Waals surface area contributed by atoms with E-state index in [1.54, 1.807) is 6.07 Å². The number of rotatable bonds is 0. The minimum absolute atomic E-state index is 0.0736. The Morgan fingerprint density at radius 2 is 2.19 bits per heavy atom. The first-order valence-corrected chi connectivity index (χ1v) is 5.55. The lowest BCUT2D eigenvalue weighted by molar-refractivity contribution is 0.0840. The molecular weight excluding hydrogens is 203 g/mol. The van der Waals surface area contributed by atoms with Crippen molar-refractivity contribution in [2.45, 2.75) is 26.2 Å². The average molecular weight is 216 g/mol. The van der Waals surface area contributed by atoms with Crippen molar-refractivity contribution in [2.24, 2.45) is 5.41 Å². The zero-order chi connectivity index (χ0) is 11.5. The van der Waals surface area contributed by atoms with Crippen LogP contribution in [0.5, 0.6) is 0 Å². The smallest absolute Gasteiger partial charge is 0.173 e. The van der Waals surface area contributed by atoms with Crippen LogP contribution in [0.3, 0.4) is 0 Å². The van der Waals surface area contributed by atoms with Gasteiger partial charge in [-0.05, 0) is 38.0 Å². The van der Waals surface area contributed by atoms with Gasteiger partial charge in [0, 0.05) is 11.5 Å². The van der Waals surface area contributed by atoms with Gasteiger partial charge in [-0.2, -0.15) is 0 Å². The number of fused-ring (bicyclic) bond motifs is 4. The van der Waals surface area contributed by atoms with E-state index in [2.05, 4.69) is 6.08 Å². The molecule has 0 amide bonds. The monoisotopic (exact) mass is 216 g/mol. The maximum Gasteiger partial charge on any atom is 0.173 e. The summed E-state index contributed by atoms with van der Waals surface area (Å²) in [4.78, 5) is 12.4. The van der Waals surface area contributed by atoms with Gasteiger partial charge in [0.1, 0.15) is 5.82 Å². The van der Waals surface area contributed by atoms with Crippen molar-refractivity contribution in [1.29, 1.82) is 0 Å². The minimum Gasteiger partial charge on any atom is -0.293 e. The molecule has 0 spiro atoms. The maximum atomic E-state index is 13.2. The molecule has 0 aromatic heterocycles. The number of carbonyl (C=O) groups excluding carboxylic acids is 1. The Kier molecular flexibility index (Phi) is 1.72. The standard InChI is InChI=1S/C14H13FO/c1-8-5-9-7-14(8,2)13(16)12-6-10(15)3-4-11(9)12/h3-6,9H,7H2,1-2H3/t9-,14-/m1/s1. The second-order valence-electron chi connectivity index (χ2n) is 5.05. The van der Waals surface area contributed by atoms with Gasteiger partial charge in [-0.3, -0.25) is 4.79 Å². The van der Waals surface area contributed by atoms with Crippen LogP contribution in [0.25, 0.3) is 0 Å². The van der Waals surface area contributed by atoms with E-state index in [0.29, 0.717) is 11.5 Å². The fraction of sp³-hybridized carbons (Fsp3) is 0.357. The predicted molar refractivity (Wildman–Crippen MR) is 60.0 cm³/mol. The molecule has 2 heteroatoms. The molecule has 16 heavy (non-hydrogen) atoms. The van der Waals surface area contributed by atoms with Gasteiger partial charge in [-0.15, -0.1) is 0 Å². The lowest BCUT2D eigenvalue weighted by atomic mass is 9.70. The summed E-state index contributed by atoms with van der Waals surface area (Å²) in [5, 5.41) is 0. The Morgan fingerprint density at radius 1 is 1.44 bits per heavy atom. The Bertz CT molecular complexity index is 530. The number of ketones is 1. The number of hydrogen-bond donors (Lipinski definition) is 0. The molecule has 0 fully saturated rings. The lowest BCUT2D eigenvalue weighted by Gasteiger charge is -2.31. The van der Waals surface area contributed by atoms with Crippen molar-refractivity contribution in [3.05, 3.63) is 46.8 Å².